The number of aromatic nitrogens is 3. The Morgan fingerprint density at radius 2 is 2.38 bits per heavy atom. The first-order valence-corrected chi connectivity index (χ1v) is 5.27. The molecule has 2 rings (SSSR count). The van der Waals surface area contributed by atoms with Gasteiger partial charge in [0, 0.05) is 5.75 Å². The smallest absolute Gasteiger partial charge is 0.291 e. The van der Waals surface area contributed by atoms with Crippen LogP contribution in [-0.2, 0) is 5.54 Å². The highest BCUT2D eigenvalue weighted by Gasteiger charge is 2.31. The SMILES string of the molecule is CC1(C)CSc2nc(=O)[nH]c(=S)n21. The first-order chi connectivity index (χ1) is 6.00. The van der Waals surface area contributed by atoms with E-state index in [0.717, 1.165) is 10.9 Å². The molecule has 1 aromatic heterocycles. The fourth-order valence-corrected chi connectivity index (χ4v) is 3.04. The van der Waals surface area contributed by atoms with E-state index in [-0.39, 0.29) is 11.2 Å². The zero-order valence-corrected chi connectivity index (χ0v) is 8.96. The Balaban J connectivity index is 2.80. The molecule has 0 atom stereocenters. The summed E-state index contributed by atoms with van der Waals surface area (Å²) in [4.78, 5) is 17.4. The van der Waals surface area contributed by atoms with Gasteiger partial charge in [0.25, 0.3) is 0 Å². The number of hydrogen-bond acceptors (Lipinski definition) is 4. The van der Waals surface area contributed by atoms with Gasteiger partial charge < -0.3 is 0 Å². The number of nitrogens with one attached hydrogen (secondary N) is 1. The Bertz CT molecular complexity index is 460. The van der Waals surface area contributed by atoms with Gasteiger partial charge in [-0.3, -0.25) is 9.55 Å². The maximum absolute atomic E-state index is 11.0. The van der Waals surface area contributed by atoms with Gasteiger partial charge in [-0.2, -0.15) is 4.98 Å². The van der Waals surface area contributed by atoms with E-state index in [0.29, 0.717) is 4.77 Å². The molecule has 0 aliphatic carbocycles. The van der Waals surface area contributed by atoms with Crippen molar-refractivity contribution in [1.82, 2.24) is 14.5 Å². The lowest BCUT2D eigenvalue weighted by atomic mass is 10.1. The van der Waals surface area contributed by atoms with E-state index in [4.69, 9.17) is 12.2 Å². The first kappa shape index (κ1) is 8.96. The second-order valence-corrected chi connectivity index (χ2v) is 4.90. The van der Waals surface area contributed by atoms with Crippen LogP contribution in [0.15, 0.2) is 9.95 Å². The van der Waals surface area contributed by atoms with Crippen LogP contribution in [0.3, 0.4) is 0 Å². The number of nitrogens with zero attached hydrogens (tertiary/aromatic N) is 2. The molecule has 1 aliphatic heterocycles. The van der Waals surface area contributed by atoms with Gasteiger partial charge in [-0.25, -0.2) is 4.79 Å². The molecule has 0 amide bonds. The summed E-state index contributed by atoms with van der Waals surface area (Å²) in [6, 6.07) is 0. The van der Waals surface area contributed by atoms with Gasteiger partial charge in [0.1, 0.15) is 0 Å². The van der Waals surface area contributed by atoms with E-state index in [1.807, 2.05) is 4.57 Å². The maximum atomic E-state index is 11.0. The van der Waals surface area contributed by atoms with Gasteiger partial charge in [0.2, 0.25) is 0 Å². The third-order valence-electron chi connectivity index (χ3n) is 1.97. The van der Waals surface area contributed by atoms with Crippen LogP contribution in [0.25, 0.3) is 0 Å². The third kappa shape index (κ3) is 1.34. The van der Waals surface area contributed by atoms with Gasteiger partial charge >= 0.3 is 5.69 Å². The van der Waals surface area contributed by atoms with Crippen LogP contribution in [0.1, 0.15) is 13.8 Å². The van der Waals surface area contributed by atoms with Crippen molar-refractivity contribution >= 4 is 24.0 Å². The van der Waals surface area contributed by atoms with Gasteiger partial charge in [0.15, 0.2) is 9.93 Å². The summed E-state index contributed by atoms with van der Waals surface area (Å²) in [5, 5.41) is 0.721. The monoisotopic (exact) mass is 215 g/mol. The first-order valence-electron chi connectivity index (χ1n) is 3.87. The third-order valence-corrected chi connectivity index (χ3v) is 3.63. The highest BCUT2D eigenvalue weighted by molar-refractivity contribution is 7.99. The van der Waals surface area contributed by atoms with Crippen LogP contribution < -0.4 is 5.69 Å². The van der Waals surface area contributed by atoms with Crippen molar-refractivity contribution in [3.63, 3.8) is 0 Å². The Morgan fingerprint density at radius 1 is 1.69 bits per heavy atom. The van der Waals surface area contributed by atoms with E-state index >= 15 is 0 Å². The fraction of sp³-hybridized carbons (Fsp3) is 0.571. The van der Waals surface area contributed by atoms with Crippen molar-refractivity contribution in [2.45, 2.75) is 24.5 Å². The molecule has 13 heavy (non-hydrogen) atoms. The molecule has 1 aromatic rings. The number of hydrogen-bond donors (Lipinski definition) is 1. The molecule has 0 unspecified atom stereocenters. The Morgan fingerprint density at radius 3 is 3.08 bits per heavy atom. The summed E-state index contributed by atoms with van der Waals surface area (Å²) in [6.07, 6.45) is 0. The minimum absolute atomic E-state index is 0.0473. The van der Waals surface area contributed by atoms with E-state index in [1.54, 1.807) is 11.8 Å². The standard InChI is InChI=1S/C7H9N3OS2/c1-7(2)3-13-6-9-4(11)8-5(12)10(6)7/h3H2,1-2H3,(H,8,11,12). The molecule has 0 saturated heterocycles. The quantitative estimate of drug-likeness (QED) is 0.659. The molecule has 0 spiro atoms. The molecule has 70 valence electrons. The summed E-state index contributed by atoms with van der Waals surface area (Å²) in [5.41, 5.74) is -0.407. The lowest BCUT2D eigenvalue weighted by Gasteiger charge is -2.20. The van der Waals surface area contributed by atoms with Crippen molar-refractivity contribution in [3.05, 3.63) is 15.3 Å². The van der Waals surface area contributed by atoms with Crippen LogP contribution in [0.2, 0.25) is 0 Å². The number of aromatic amines is 1. The average Bonchev–Trinajstić information content (AvgIpc) is 2.26. The largest absolute Gasteiger partial charge is 0.349 e. The molecule has 0 radical (unpaired) electrons. The Hall–Kier alpha value is -0.620. The lowest BCUT2D eigenvalue weighted by Crippen LogP contribution is -2.29. The second-order valence-electron chi connectivity index (χ2n) is 3.57. The molecular weight excluding hydrogens is 206 g/mol. The lowest BCUT2D eigenvalue weighted by molar-refractivity contribution is 0.370. The van der Waals surface area contributed by atoms with Crippen LogP contribution in [-0.4, -0.2) is 20.3 Å². The molecule has 4 nitrogen and oxygen atoms in total. The summed E-state index contributed by atoms with van der Waals surface area (Å²) >= 11 is 6.64. The molecule has 0 saturated carbocycles. The molecule has 0 bridgehead atoms. The summed E-state index contributed by atoms with van der Waals surface area (Å²) < 4.78 is 2.36. The molecule has 6 heteroatoms. The van der Waals surface area contributed by atoms with E-state index in [1.165, 1.54) is 0 Å². The zero-order chi connectivity index (χ0) is 9.64. The summed E-state index contributed by atoms with van der Waals surface area (Å²) in [5.74, 6) is 0.904. The zero-order valence-electron chi connectivity index (χ0n) is 7.33. The molecule has 1 aliphatic rings. The number of rotatable bonds is 0. The van der Waals surface area contributed by atoms with Crippen LogP contribution >= 0.6 is 24.0 Å². The number of thioether (sulfide) groups is 1. The number of H-pyrrole nitrogens is 1. The number of fused-ring (bicyclic) bond motifs is 1. The van der Waals surface area contributed by atoms with E-state index < -0.39 is 0 Å². The molecule has 0 fully saturated rings. The van der Waals surface area contributed by atoms with E-state index in [2.05, 4.69) is 23.8 Å². The predicted molar refractivity (Wildman–Crippen MR) is 53.7 cm³/mol. The summed E-state index contributed by atoms with van der Waals surface area (Å²) in [7, 11) is 0. The molecule has 1 N–H and O–H groups in total. The van der Waals surface area contributed by atoms with Gasteiger partial charge in [-0.1, -0.05) is 11.8 Å². The topological polar surface area (TPSA) is 50.7 Å². The van der Waals surface area contributed by atoms with Crippen molar-refractivity contribution in [2.24, 2.45) is 0 Å². The molecule has 0 aromatic carbocycles. The van der Waals surface area contributed by atoms with Crippen LogP contribution in [0, 0.1) is 4.77 Å². The van der Waals surface area contributed by atoms with E-state index in [9.17, 15) is 4.79 Å². The van der Waals surface area contributed by atoms with Gasteiger partial charge in [-0.05, 0) is 26.1 Å². The summed E-state index contributed by atoms with van der Waals surface area (Å²) in [6.45, 7) is 4.15. The Labute approximate surface area is 84.4 Å². The van der Waals surface area contributed by atoms with Gasteiger partial charge in [0.05, 0.1) is 5.54 Å². The maximum Gasteiger partial charge on any atom is 0.349 e. The highest BCUT2D eigenvalue weighted by Crippen LogP contribution is 2.34. The minimum atomic E-state index is -0.360. The fourth-order valence-electron chi connectivity index (χ4n) is 1.34. The van der Waals surface area contributed by atoms with Gasteiger partial charge in [-0.15, -0.1) is 0 Å². The molecule has 2 heterocycles. The van der Waals surface area contributed by atoms with Crippen LogP contribution in [0.4, 0.5) is 0 Å². The normalized spacial score (nSPS) is 18.6. The van der Waals surface area contributed by atoms with Crippen molar-refractivity contribution in [1.29, 1.82) is 0 Å². The minimum Gasteiger partial charge on any atom is -0.291 e. The highest BCUT2D eigenvalue weighted by atomic mass is 32.2. The van der Waals surface area contributed by atoms with Crippen LogP contribution in [0.5, 0.6) is 0 Å². The van der Waals surface area contributed by atoms with Crippen molar-refractivity contribution in [2.75, 3.05) is 5.75 Å². The average molecular weight is 215 g/mol. The predicted octanol–water partition coefficient (Wildman–Crippen LogP) is 1.14. The van der Waals surface area contributed by atoms with Crippen molar-refractivity contribution in [3.8, 4) is 0 Å². The molecular formula is C7H9N3OS2. The Kier molecular flexibility index (Phi) is 1.85. The van der Waals surface area contributed by atoms with Crippen molar-refractivity contribution < 1.29 is 0 Å². The second kappa shape index (κ2) is 2.68.